The zero-order valence-corrected chi connectivity index (χ0v) is 14.1. The molecule has 1 fully saturated rings. The number of likely N-dealkylation sites (tertiary alicyclic amines) is 1. The van der Waals surface area contributed by atoms with Crippen molar-refractivity contribution in [2.75, 3.05) is 26.2 Å². The molecule has 6 heteroatoms. The van der Waals surface area contributed by atoms with Crippen LogP contribution >= 0.6 is 0 Å². The lowest BCUT2D eigenvalue weighted by atomic mass is 9.97. The fourth-order valence-corrected chi connectivity index (χ4v) is 3.33. The van der Waals surface area contributed by atoms with E-state index in [9.17, 15) is 9.59 Å². The first-order valence-electron chi connectivity index (χ1n) is 8.72. The molecule has 0 saturated carbocycles. The van der Waals surface area contributed by atoms with Crippen molar-refractivity contribution < 1.29 is 19.1 Å². The first-order valence-corrected chi connectivity index (χ1v) is 8.72. The van der Waals surface area contributed by atoms with Gasteiger partial charge in [0.15, 0.2) is 0 Å². The Morgan fingerprint density at radius 1 is 1.38 bits per heavy atom. The number of nitrogens with zero attached hydrogens (tertiary/aromatic N) is 2. The number of cyclic esters (lactones) is 1. The van der Waals surface area contributed by atoms with Crippen LogP contribution in [0.3, 0.4) is 0 Å². The second-order valence-electron chi connectivity index (χ2n) is 6.34. The Morgan fingerprint density at radius 3 is 2.92 bits per heavy atom. The second-order valence-corrected chi connectivity index (χ2v) is 6.34. The van der Waals surface area contributed by atoms with E-state index in [1.807, 2.05) is 19.1 Å². The maximum Gasteiger partial charge on any atom is 0.340 e. The molecule has 0 atom stereocenters. The van der Waals surface area contributed by atoms with E-state index in [0.29, 0.717) is 18.8 Å². The van der Waals surface area contributed by atoms with E-state index < -0.39 is 0 Å². The minimum absolute atomic E-state index is 0.0451. The summed E-state index contributed by atoms with van der Waals surface area (Å²) in [5, 5.41) is 0. The van der Waals surface area contributed by atoms with Gasteiger partial charge in [-0.05, 0) is 64.4 Å². The number of fused-ring (bicyclic) bond motifs is 1. The van der Waals surface area contributed by atoms with Crippen molar-refractivity contribution in [3.05, 3.63) is 29.1 Å². The molecule has 1 aromatic rings. The van der Waals surface area contributed by atoms with Crippen molar-refractivity contribution >= 4 is 11.9 Å². The molecule has 2 aliphatic rings. The van der Waals surface area contributed by atoms with Gasteiger partial charge in [0.1, 0.15) is 6.61 Å². The highest BCUT2D eigenvalue weighted by Crippen LogP contribution is 2.20. The Bertz CT molecular complexity index is 609. The van der Waals surface area contributed by atoms with Gasteiger partial charge in [-0.1, -0.05) is 0 Å². The van der Waals surface area contributed by atoms with Crippen molar-refractivity contribution in [2.45, 2.75) is 39.2 Å². The summed E-state index contributed by atoms with van der Waals surface area (Å²) in [7, 11) is 0. The van der Waals surface area contributed by atoms with Gasteiger partial charge in [0.05, 0.1) is 23.8 Å². The molecule has 0 N–H and O–H groups in total. The lowest BCUT2D eigenvalue weighted by Gasteiger charge is -2.30. The summed E-state index contributed by atoms with van der Waals surface area (Å²) >= 11 is 0. The molecule has 0 aliphatic carbocycles. The fourth-order valence-electron chi connectivity index (χ4n) is 3.33. The standard InChI is InChI=1S/C18H24N2O4/c1-2-23-17(21)13-7-10-20(11-8-13)9-3-4-14-5-6-15-16(19-14)12-24-18(15)22/h5-6,13H,2-4,7-12H2,1H3. The molecule has 0 unspecified atom stereocenters. The third-order valence-corrected chi connectivity index (χ3v) is 4.71. The minimum atomic E-state index is -0.270. The highest BCUT2D eigenvalue weighted by molar-refractivity contribution is 5.92. The van der Waals surface area contributed by atoms with Gasteiger partial charge >= 0.3 is 11.9 Å². The minimum Gasteiger partial charge on any atom is -0.466 e. The zero-order valence-electron chi connectivity index (χ0n) is 14.1. The first kappa shape index (κ1) is 16.9. The van der Waals surface area contributed by atoms with Crippen molar-refractivity contribution in [1.82, 2.24) is 9.88 Å². The van der Waals surface area contributed by atoms with E-state index in [1.54, 1.807) is 0 Å². The summed E-state index contributed by atoms with van der Waals surface area (Å²) < 4.78 is 10.1. The van der Waals surface area contributed by atoms with Gasteiger partial charge in [-0.2, -0.15) is 0 Å². The highest BCUT2D eigenvalue weighted by atomic mass is 16.5. The normalized spacial score (nSPS) is 18.3. The highest BCUT2D eigenvalue weighted by Gasteiger charge is 2.26. The summed E-state index contributed by atoms with van der Waals surface area (Å²) in [5.41, 5.74) is 2.36. The summed E-state index contributed by atoms with van der Waals surface area (Å²) in [4.78, 5) is 30.1. The van der Waals surface area contributed by atoms with Crippen molar-refractivity contribution in [2.24, 2.45) is 5.92 Å². The predicted octanol–water partition coefficient (Wildman–Crippen LogP) is 1.96. The van der Waals surface area contributed by atoms with Crippen molar-refractivity contribution in [3.63, 3.8) is 0 Å². The van der Waals surface area contributed by atoms with Crippen LogP contribution in [0.25, 0.3) is 0 Å². The molecular weight excluding hydrogens is 308 g/mol. The average Bonchev–Trinajstić information content (AvgIpc) is 2.96. The number of carbonyl (C=O) groups excluding carboxylic acids is 2. The van der Waals surface area contributed by atoms with E-state index >= 15 is 0 Å². The number of carbonyl (C=O) groups is 2. The number of piperidine rings is 1. The number of ether oxygens (including phenoxy) is 2. The third-order valence-electron chi connectivity index (χ3n) is 4.71. The fraction of sp³-hybridized carbons (Fsp3) is 0.611. The van der Waals surface area contributed by atoms with Crippen LogP contribution in [0.4, 0.5) is 0 Å². The van der Waals surface area contributed by atoms with Crippen LogP contribution < -0.4 is 0 Å². The van der Waals surface area contributed by atoms with E-state index in [-0.39, 0.29) is 17.9 Å². The largest absolute Gasteiger partial charge is 0.466 e. The third kappa shape index (κ3) is 3.93. The number of rotatable bonds is 6. The zero-order chi connectivity index (χ0) is 16.9. The van der Waals surface area contributed by atoms with Crippen LogP contribution in [-0.4, -0.2) is 48.1 Å². The van der Waals surface area contributed by atoms with Crippen LogP contribution in [0, 0.1) is 5.92 Å². The van der Waals surface area contributed by atoms with E-state index in [2.05, 4.69) is 9.88 Å². The molecule has 0 radical (unpaired) electrons. The Hall–Kier alpha value is -1.95. The summed E-state index contributed by atoms with van der Waals surface area (Å²) in [6, 6.07) is 3.73. The molecule has 1 aromatic heterocycles. The molecule has 3 rings (SSSR count). The Morgan fingerprint density at radius 2 is 2.17 bits per heavy atom. The number of hydrogen-bond donors (Lipinski definition) is 0. The Labute approximate surface area is 142 Å². The molecule has 6 nitrogen and oxygen atoms in total. The molecular formula is C18H24N2O4. The van der Waals surface area contributed by atoms with Crippen molar-refractivity contribution in [1.29, 1.82) is 0 Å². The topological polar surface area (TPSA) is 68.7 Å². The summed E-state index contributed by atoms with van der Waals surface area (Å²) in [6.45, 7) is 5.51. The SMILES string of the molecule is CCOC(=O)C1CCN(CCCc2ccc3c(n2)COC3=O)CC1. The van der Waals surface area contributed by atoms with Crippen LogP contribution in [0.15, 0.2) is 12.1 Å². The number of pyridine rings is 1. The number of esters is 2. The number of hydrogen-bond acceptors (Lipinski definition) is 6. The maximum atomic E-state index is 11.7. The number of aryl methyl sites for hydroxylation is 1. The van der Waals surface area contributed by atoms with Gasteiger partial charge in [-0.25, -0.2) is 4.79 Å². The molecule has 1 saturated heterocycles. The molecule has 2 aliphatic heterocycles. The summed E-state index contributed by atoms with van der Waals surface area (Å²) in [6.07, 6.45) is 3.68. The lowest BCUT2D eigenvalue weighted by molar-refractivity contribution is -0.149. The molecule has 0 amide bonds. The van der Waals surface area contributed by atoms with Crippen LogP contribution in [0.5, 0.6) is 0 Å². The van der Waals surface area contributed by atoms with Crippen LogP contribution in [-0.2, 0) is 27.3 Å². The van der Waals surface area contributed by atoms with Crippen molar-refractivity contribution in [3.8, 4) is 0 Å². The first-order chi connectivity index (χ1) is 11.7. The smallest absolute Gasteiger partial charge is 0.340 e. The van der Waals surface area contributed by atoms with Gasteiger partial charge in [0, 0.05) is 5.69 Å². The Balaban J connectivity index is 1.40. The lowest BCUT2D eigenvalue weighted by Crippen LogP contribution is -2.37. The van der Waals surface area contributed by atoms with Crippen LogP contribution in [0.1, 0.15) is 47.9 Å². The second kappa shape index (κ2) is 7.75. The van der Waals surface area contributed by atoms with E-state index in [4.69, 9.17) is 9.47 Å². The monoisotopic (exact) mass is 332 g/mol. The molecule has 3 heterocycles. The average molecular weight is 332 g/mol. The van der Waals surface area contributed by atoms with Gasteiger partial charge in [-0.3, -0.25) is 9.78 Å². The van der Waals surface area contributed by atoms with Gasteiger partial charge in [0.25, 0.3) is 0 Å². The molecule has 0 bridgehead atoms. The number of aromatic nitrogens is 1. The quantitative estimate of drug-likeness (QED) is 0.742. The Kier molecular flexibility index (Phi) is 5.45. The van der Waals surface area contributed by atoms with E-state index in [0.717, 1.165) is 56.7 Å². The van der Waals surface area contributed by atoms with Gasteiger partial charge < -0.3 is 14.4 Å². The summed E-state index contributed by atoms with van der Waals surface area (Å²) in [5.74, 6) is -0.248. The molecule has 130 valence electrons. The van der Waals surface area contributed by atoms with Gasteiger partial charge in [0.2, 0.25) is 0 Å². The van der Waals surface area contributed by atoms with E-state index in [1.165, 1.54) is 0 Å². The maximum absolute atomic E-state index is 11.7. The molecule has 0 aromatic carbocycles. The predicted molar refractivity (Wildman–Crippen MR) is 87.5 cm³/mol. The van der Waals surface area contributed by atoms with Crippen LogP contribution in [0.2, 0.25) is 0 Å². The van der Waals surface area contributed by atoms with Gasteiger partial charge in [-0.15, -0.1) is 0 Å². The molecule has 0 spiro atoms. The molecule has 24 heavy (non-hydrogen) atoms.